The number of imidazole rings is 1. The van der Waals surface area contributed by atoms with Gasteiger partial charge in [-0.15, -0.1) is 0 Å². The number of nitrogens with one attached hydrogen (secondary N) is 1. The zero-order valence-corrected chi connectivity index (χ0v) is 17.1. The van der Waals surface area contributed by atoms with E-state index in [4.69, 9.17) is 0 Å². The monoisotopic (exact) mass is 427 g/mol. The van der Waals surface area contributed by atoms with Crippen molar-refractivity contribution in [3.8, 4) is 0 Å². The molecule has 5 rings (SSSR count). The van der Waals surface area contributed by atoms with E-state index in [1.165, 1.54) is 17.2 Å². The second kappa shape index (κ2) is 7.73. The average molecular weight is 427 g/mol. The highest BCUT2D eigenvalue weighted by Crippen LogP contribution is 2.28. The van der Waals surface area contributed by atoms with Crippen LogP contribution in [-0.2, 0) is 4.79 Å². The molecule has 1 atom stereocenters. The third-order valence-corrected chi connectivity index (χ3v) is 5.39. The van der Waals surface area contributed by atoms with Gasteiger partial charge in [0.1, 0.15) is 17.2 Å². The van der Waals surface area contributed by atoms with Gasteiger partial charge in [0.15, 0.2) is 0 Å². The summed E-state index contributed by atoms with van der Waals surface area (Å²) in [5, 5.41) is 2.69. The number of fused-ring (bicyclic) bond motifs is 2. The molecule has 2 aromatic heterocycles. The fourth-order valence-electron chi connectivity index (χ4n) is 3.78. The molecule has 1 aliphatic heterocycles. The van der Waals surface area contributed by atoms with Crippen molar-refractivity contribution in [1.29, 1.82) is 0 Å². The van der Waals surface area contributed by atoms with Crippen LogP contribution in [0.2, 0.25) is 0 Å². The first-order chi connectivity index (χ1) is 15.5. The summed E-state index contributed by atoms with van der Waals surface area (Å²) in [5.41, 5.74) is 2.58. The van der Waals surface area contributed by atoms with E-state index >= 15 is 0 Å². The molecule has 1 aliphatic rings. The van der Waals surface area contributed by atoms with Gasteiger partial charge in [-0.05, 0) is 30.3 Å². The Bertz CT molecular complexity index is 1390. The number of benzodiazepines with no additional fused rings is 1. The van der Waals surface area contributed by atoms with Crippen LogP contribution < -0.4 is 10.2 Å². The molecule has 3 heterocycles. The van der Waals surface area contributed by atoms with Gasteiger partial charge >= 0.3 is 0 Å². The number of anilines is 1. The number of benzene rings is 2. The Morgan fingerprint density at radius 3 is 2.53 bits per heavy atom. The molecule has 1 unspecified atom stereocenters. The predicted octanol–water partition coefficient (Wildman–Crippen LogP) is 3.04. The maximum absolute atomic E-state index is 14.7. The molecule has 7 nitrogen and oxygen atoms in total. The van der Waals surface area contributed by atoms with Crippen molar-refractivity contribution in [1.82, 2.24) is 14.7 Å². The number of likely N-dealkylation sites (N-methyl/N-ethyl adjacent to an activating group) is 1. The van der Waals surface area contributed by atoms with Crippen molar-refractivity contribution in [2.75, 3.05) is 11.9 Å². The molecule has 4 aromatic rings. The van der Waals surface area contributed by atoms with Gasteiger partial charge in [-0.3, -0.25) is 14.0 Å². The maximum Gasteiger partial charge on any atom is 0.272 e. The van der Waals surface area contributed by atoms with Crippen LogP contribution in [0.1, 0.15) is 21.6 Å². The van der Waals surface area contributed by atoms with Crippen LogP contribution in [0.5, 0.6) is 0 Å². The van der Waals surface area contributed by atoms with Gasteiger partial charge in [0, 0.05) is 24.4 Å². The van der Waals surface area contributed by atoms with Gasteiger partial charge in [0.05, 0.1) is 17.6 Å². The van der Waals surface area contributed by atoms with E-state index in [2.05, 4.69) is 15.3 Å². The summed E-state index contributed by atoms with van der Waals surface area (Å²) in [6.45, 7) is 0. The molecule has 0 saturated carbocycles. The summed E-state index contributed by atoms with van der Waals surface area (Å²) >= 11 is 0. The quantitative estimate of drug-likeness (QED) is 0.546. The van der Waals surface area contributed by atoms with Crippen LogP contribution >= 0.6 is 0 Å². The van der Waals surface area contributed by atoms with Crippen molar-refractivity contribution in [2.45, 2.75) is 6.17 Å². The summed E-state index contributed by atoms with van der Waals surface area (Å²) in [4.78, 5) is 36.4. The number of halogens is 1. The van der Waals surface area contributed by atoms with E-state index in [1.807, 2.05) is 6.07 Å². The van der Waals surface area contributed by atoms with Crippen LogP contribution in [0.4, 0.5) is 10.1 Å². The number of pyridine rings is 1. The fourth-order valence-corrected chi connectivity index (χ4v) is 3.78. The maximum atomic E-state index is 14.7. The zero-order valence-electron chi connectivity index (χ0n) is 17.1. The number of rotatable bonds is 3. The summed E-state index contributed by atoms with van der Waals surface area (Å²) < 4.78 is 16.3. The van der Waals surface area contributed by atoms with Gasteiger partial charge in [-0.1, -0.05) is 36.4 Å². The van der Waals surface area contributed by atoms with Gasteiger partial charge in [-0.25, -0.2) is 14.4 Å². The lowest BCUT2D eigenvalue weighted by Gasteiger charge is -2.20. The minimum atomic E-state index is -1.25. The second-order valence-electron chi connectivity index (χ2n) is 7.32. The largest absolute Gasteiger partial charge is 0.321 e. The van der Waals surface area contributed by atoms with Crippen LogP contribution in [0, 0.1) is 5.82 Å². The number of amides is 2. The lowest BCUT2D eigenvalue weighted by Crippen LogP contribution is -2.46. The molecule has 32 heavy (non-hydrogen) atoms. The molecule has 0 radical (unpaired) electrons. The Balaban J connectivity index is 1.60. The molecule has 158 valence electrons. The first-order valence-electron chi connectivity index (χ1n) is 9.97. The molecule has 8 heteroatoms. The number of aromatic nitrogens is 2. The molecule has 2 amide bonds. The standard InChI is InChI=1S/C24H18FN5O2/c1-29-18-11-5-3-9-16(18)21(15-8-2-4-10-17(15)25)27-22(24(29)32)28-23(31)19-14-26-20-12-6-7-13-30(19)20/h2-14,22H,1H3,(H,28,31). The molecule has 2 aromatic carbocycles. The Morgan fingerprint density at radius 1 is 1.00 bits per heavy atom. The first kappa shape index (κ1) is 19.6. The molecular formula is C24H18FN5O2. The molecule has 0 fully saturated rings. The van der Waals surface area contributed by atoms with Gasteiger partial charge < -0.3 is 10.2 Å². The summed E-state index contributed by atoms with van der Waals surface area (Å²) in [7, 11) is 1.61. The summed E-state index contributed by atoms with van der Waals surface area (Å²) in [6, 6.07) is 18.7. The Labute approximate surface area is 182 Å². The van der Waals surface area contributed by atoms with Crippen molar-refractivity contribution < 1.29 is 14.0 Å². The van der Waals surface area contributed by atoms with Crippen LogP contribution in [-0.4, -0.2) is 40.1 Å². The number of hydrogen-bond acceptors (Lipinski definition) is 4. The second-order valence-corrected chi connectivity index (χ2v) is 7.32. The third-order valence-electron chi connectivity index (χ3n) is 5.39. The molecule has 0 saturated heterocycles. The van der Waals surface area contributed by atoms with E-state index in [9.17, 15) is 14.0 Å². The van der Waals surface area contributed by atoms with E-state index in [1.54, 1.807) is 72.2 Å². The highest BCUT2D eigenvalue weighted by molar-refractivity contribution is 6.20. The smallest absolute Gasteiger partial charge is 0.272 e. The topological polar surface area (TPSA) is 79.1 Å². The van der Waals surface area contributed by atoms with Gasteiger partial charge in [-0.2, -0.15) is 0 Å². The summed E-state index contributed by atoms with van der Waals surface area (Å²) in [6.07, 6.45) is 1.90. The van der Waals surface area contributed by atoms with Crippen LogP contribution in [0.15, 0.2) is 84.1 Å². The van der Waals surface area contributed by atoms with E-state index < -0.39 is 23.8 Å². The Hall–Kier alpha value is -4.33. The minimum absolute atomic E-state index is 0.247. The van der Waals surface area contributed by atoms with Crippen molar-refractivity contribution in [3.05, 3.63) is 102 Å². The zero-order chi connectivity index (χ0) is 22.2. The molecule has 0 aliphatic carbocycles. The van der Waals surface area contributed by atoms with Gasteiger partial charge in [0.25, 0.3) is 11.8 Å². The number of nitrogens with zero attached hydrogens (tertiary/aromatic N) is 4. The lowest BCUT2D eigenvalue weighted by molar-refractivity contribution is -0.119. The van der Waals surface area contributed by atoms with Crippen molar-refractivity contribution >= 4 is 28.9 Å². The first-order valence-corrected chi connectivity index (χ1v) is 9.97. The van der Waals surface area contributed by atoms with Gasteiger partial charge in [0.2, 0.25) is 6.17 Å². The molecular weight excluding hydrogens is 409 g/mol. The highest BCUT2D eigenvalue weighted by Gasteiger charge is 2.32. The van der Waals surface area contributed by atoms with Crippen LogP contribution in [0.25, 0.3) is 5.65 Å². The van der Waals surface area contributed by atoms with Crippen molar-refractivity contribution in [3.63, 3.8) is 0 Å². The predicted molar refractivity (Wildman–Crippen MR) is 118 cm³/mol. The summed E-state index contributed by atoms with van der Waals surface area (Å²) in [5.74, 6) is -1.42. The molecule has 0 spiro atoms. The number of hydrogen-bond donors (Lipinski definition) is 1. The molecule has 1 N–H and O–H groups in total. The average Bonchev–Trinajstić information content (AvgIpc) is 3.22. The normalized spacial score (nSPS) is 15.8. The minimum Gasteiger partial charge on any atom is -0.321 e. The van der Waals surface area contributed by atoms with E-state index in [-0.39, 0.29) is 11.3 Å². The molecule has 0 bridgehead atoms. The number of carbonyl (C=O) groups is 2. The fraction of sp³-hybridized carbons (Fsp3) is 0.0833. The van der Waals surface area contributed by atoms with Crippen molar-refractivity contribution in [2.24, 2.45) is 4.99 Å². The SMILES string of the molecule is CN1C(=O)C(NC(=O)c2cnc3ccccn23)N=C(c2ccccc2F)c2ccccc21. The van der Waals surface area contributed by atoms with E-state index in [0.717, 1.165) is 0 Å². The third kappa shape index (κ3) is 3.22. The number of aliphatic imine (C=N–C) groups is 1. The number of carbonyl (C=O) groups excluding carboxylic acids is 2. The van der Waals surface area contributed by atoms with E-state index in [0.29, 0.717) is 22.6 Å². The Kier molecular flexibility index (Phi) is 4.74. The number of para-hydroxylation sites is 1. The van der Waals surface area contributed by atoms with Crippen LogP contribution in [0.3, 0.4) is 0 Å². The lowest BCUT2D eigenvalue weighted by atomic mass is 10.00. The Morgan fingerprint density at radius 2 is 1.72 bits per heavy atom. The highest BCUT2D eigenvalue weighted by atomic mass is 19.1.